The van der Waals surface area contributed by atoms with E-state index in [2.05, 4.69) is 21.2 Å². The molecule has 0 bridgehead atoms. The molecule has 1 aliphatic heterocycles. The van der Waals surface area contributed by atoms with E-state index in [9.17, 15) is 0 Å². The molecule has 0 aromatic heterocycles. The molecule has 0 saturated heterocycles. The largest absolute Gasteiger partial charge is 0.352 e. The maximum Gasteiger partial charge on any atom is 0.0983 e. The molecule has 0 saturated carbocycles. The molecule has 1 N–H and O–H groups in total. The molecule has 0 atom stereocenters. The molecule has 0 amide bonds. The van der Waals surface area contributed by atoms with Crippen molar-refractivity contribution in [1.29, 1.82) is 0 Å². The Morgan fingerprint density at radius 3 is 2.25 bits per heavy atom. The lowest BCUT2D eigenvalue weighted by atomic mass is 11.3. The van der Waals surface area contributed by atoms with E-state index in [1.54, 1.807) is 0 Å². The first-order valence-corrected chi connectivity index (χ1v) is 1.81. The molecule has 22 valence electrons. The molecule has 0 spiro atoms. The van der Waals surface area contributed by atoms with E-state index in [0.29, 0.717) is 0 Å². The van der Waals surface area contributed by atoms with E-state index >= 15 is 0 Å². The lowest BCUT2D eigenvalue weighted by molar-refractivity contribution is 1.44. The lowest BCUT2D eigenvalue weighted by Gasteiger charge is -1.50. The highest BCUT2D eigenvalue weighted by molar-refractivity contribution is 9.11. The van der Waals surface area contributed by atoms with Crippen LogP contribution in [0.15, 0.2) is 10.8 Å². The third-order valence-corrected chi connectivity index (χ3v) is 0.711. The maximum atomic E-state index is 3.13. The molecule has 0 aliphatic carbocycles. The van der Waals surface area contributed by atoms with Gasteiger partial charge < -0.3 is 5.32 Å². The Hall–Kier alpha value is 0.0200. The third-order valence-electron chi connectivity index (χ3n) is 0.253. The summed E-state index contributed by atoms with van der Waals surface area (Å²) in [5.74, 6) is 0. The van der Waals surface area contributed by atoms with E-state index in [-0.39, 0.29) is 0 Å². The summed E-state index contributed by atoms with van der Waals surface area (Å²) in [5.41, 5.74) is 0. The van der Waals surface area contributed by atoms with Crippen molar-refractivity contribution in [2.45, 2.75) is 0 Å². The molecule has 0 aromatic rings. The van der Waals surface area contributed by atoms with Crippen molar-refractivity contribution in [1.82, 2.24) is 5.32 Å². The fourth-order valence-corrected chi connectivity index (χ4v) is 0.142. The maximum absolute atomic E-state index is 3.13. The van der Waals surface area contributed by atoms with Crippen molar-refractivity contribution in [3.63, 3.8) is 0 Å². The van der Waals surface area contributed by atoms with Crippen LogP contribution in [-0.4, -0.2) is 0 Å². The fraction of sp³-hybridized carbons (Fsp3) is 0. The SMILES string of the molecule is BrC1=CN1. The molecular weight excluding hydrogens is 118 g/mol. The monoisotopic (exact) mass is 119 g/mol. The van der Waals surface area contributed by atoms with Crippen LogP contribution in [0.3, 0.4) is 0 Å². The molecule has 0 unspecified atom stereocenters. The lowest BCUT2D eigenvalue weighted by Crippen LogP contribution is -1.61. The van der Waals surface area contributed by atoms with Crippen LogP contribution in [0.1, 0.15) is 0 Å². The van der Waals surface area contributed by atoms with Gasteiger partial charge >= 0.3 is 0 Å². The first-order valence-electron chi connectivity index (χ1n) is 1.02. The van der Waals surface area contributed by atoms with Gasteiger partial charge in [0.1, 0.15) is 0 Å². The van der Waals surface area contributed by atoms with Gasteiger partial charge in [-0.05, 0) is 15.9 Å². The van der Waals surface area contributed by atoms with Gasteiger partial charge in [0.15, 0.2) is 0 Å². The van der Waals surface area contributed by atoms with Crippen LogP contribution in [0.2, 0.25) is 0 Å². The van der Waals surface area contributed by atoms with E-state index < -0.39 is 0 Å². The van der Waals surface area contributed by atoms with Gasteiger partial charge in [-0.15, -0.1) is 0 Å². The highest BCUT2D eigenvalue weighted by Gasteiger charge is 1.94. The molecule has 4 heavy (non-hydrogen) atoms. The summed E-state index contributed by atoms with van der Waals surface area (Å²) in [6, 6.07) is 0. The summed E-state index contributed by atoms with van der Waals surface area (Å²) in [4.78, 5) is 0. The van der Waals surface area contributed by atoms with Gasteiger partial charge in [0.2, 0.25) is 0 Å². The summed E-state index contributed by atoms with van der Waals surface area (Å²) in [6.07, 6.45) is 1.88. The summed E-state index contributed by atoms with van der Waals surface area (Å²) in [7, 11) is 0. The molecule has 1 rings (SSSR count). The fourth-order valence-electron chi connectivity index (χ4n) is 0.0273. The van der Waals surface area contributed by atoms with Gasteiger partial charge in [-0.25, -0.2) is 0 Å². The Morgan fingerprint density at radius 2 is 2.25 bits per heavy atom. The molecule has 1 heterocycles. The van der Waals surface area contributed by atoms with Gasteiger partial charge in [-0.3, -0.25) is 0 Å². The summed E-state index contributed by atoms with van der Waals surface area (Å²) in [5, 5.41) is 2.81. The molecule has 0 fully saturated rings. The Kier molecular flexibility index (Phi) is 0.277. The van der Waals surface area contributed by atoms with E-state index in [0.717, 1.165) is 4.61 Å². The molecule has 1 nitrogen and oxygen atoms in total. The average Bonchev–Trinajstić information content (AvgIpc) is 1.75. The van der Waals surface area contributed by atoms with Gasteiger partial charge in [0.25, 0.3) is 0 Å². The van der Waals surface area contributed by atoms with Gasteiger partial charge in [0, 0.05) is 6.20 Å². The van der Waals surface area contributed by atoms with Crippen LogP contribution in [-0.2, 0) is 0 Å². The Labute approximate surface area is 32.8 Å². The van der Waals surface area contributed by atoms with E-state index in [1.807, 2.05) is 6.20 Å². The highest BCUT2D eigenvalue weighted by atomic mass is 79.9. The van der Waals surface area contributed by atoms with Crippen molar-refractivity contribution in [3.05, 3.63) is 10.8 Å². The van der Waals surface area contributed by atoms with Crippen molar-refractivity contribution in [3.8, 4) is 0 Å². The molecule has 0 radical (unpaired) electrons. The Balaban J connectivity index is 2.54. The minimum Gasteiger partial charge on any atom is -0.352 e. The second kappa shape index (κ2) is 0.489. The summed E-state index contributed by atoms with van der Waals surface area (Å²) >= 11 is 3.13. The van der Waals surface area contributed by atoms with Gasteiger partial charge in [-0.2, -0.15) is 0 Å². The smallest absolute Gasteiger partial charge is 0.0983 e. The predicted octanol–water partition coefficient (Wildman–Crippen LogP) is 0.783. The quantitative estimate of drug-likeness (QED) is 0.469. The molecule has 0 aromatic carbocycles. The second-order valence-corrected chi connectivity index (χ2v) is 1.49. The molecular formula is C2H2BrN. The normalized spacial score (nSPS) is 17.8. The first kappa shape index (κ1) is 2.27. The van der Waals surface area contributed by atoms with Crippen molar-refractivity contribution < 1.29 is 0 Å². The predicted molar refractivity (Wildman–Crippen MR) is 20.1 cm³/mol. The van der Waals surface area contributed by atoms with E-state index in [1.165, 1.54) is 0 Å². The van der Waals surface area contributed by atoms with Crippen LogP contribution in [0.4, 0.5) is 0 Å². The molecule has 1 aliphatic rings. The van der Waals surface area contributed by atoms with Crippen LogP contribution < -0.4 is 5.32 Å². The zero-order valence-electron chi connectivity index (χ0n) is 1.96. The van der Waals surface area contributed by atoms with Crippen LogP contribution >= 0.6 is 15.9 Å². The average molecular weight is 120 g/mol. The zero-order chi connectivity index (χ0) is 2.99. The second-order valence-electron chi connectivity index (χ2n) is 0.637. The van der Waals surface area contributed by atoms with E-state index in [4.69, 9.17) is 0 Å². The van der Waals surface area contributed by atoms with Gasteiger partial charge in [-0.1, -0.05) is 0 Å². The van der Waals surface area contributed by atoms with Gasteiger partial charge in [0.05, 0.1) is 4.61 Å². The minimum absolute atomic E-state index is 1.10. The zero-order valence-corrected chi connectivity index (χ0v) is 3.54. The van der Waals surface area contributed by atoms with Crippen LogP contribution in [0.5, 0.6) is 0 Å². The van der Waals surface area contributed by atoms with Crippen molar-refractivity contribution >= 4 is 15.9 Å². The number of rotatable bonds is 0. The number of halogens is 1. The molecule has 2 heteroatoms. The van der Waals surface area contributed by atoms with Crippen LogP contribution in [0, 0.1) is 0 Å². The van der Waals surface area contributed by atoms with Crippen molar-refractivity contribution in [2.24, 2.45) is 0 Å². The standard InChI is InChI=1S/C2H2BrN/c3-2-1-4-2/h1,4H. The summed E-state index contributed by atoms with van der Waals surface area (Å²) in [6.45, 7) is 0. The first-order chi connectivity index (χ1) is 1.89. The Morgan fingerprint density at radius 1 is 2.00 bits per heavy atom. The topological polar surface area (TPSA) is 21.9 Å². The summed E-state index contributed by atoms with van der Waals surface area (Å²) < 4.78 is 1.10. The Bertz CT molecular complexity index is 57.1. The highest BCUT2D eigenvalue weighted by Crippen LogP contribution is 2.07. The number of hydrogen-bond acceptors (Lipinski definition) is 1. The number of nitrogens with one attached hydrogen (secondary N) is 1. The number of hydrogen-bond donors (Lipinski definition) is 1. The van der Waals surface area contributed by atoms with Crippen LogP contribution in [0.25, 0.3) is 0 Å². The minimum atomic E-state index is 1.10. The van der Waals surface area contributed by atoms with Crippen molar-refractivity contribution in [2.75, 3.05) is 0 Å². The third kappa shape index (κ3) is 0.230.